The van der Waals surface area contributed by atoms with Gasteiger partial charge in [0.2, 0.25) is 0 Å². The Bertz CT molecular complexity index is 302. The van der Waals surface area contributed by atoms with Crippen molar-refractivity contribution in [2.24, 2.45) is 0 Å². The van der Waals surface area contributed by atoms with Gasteiger partial charge in [-0.2, -0.15) is 8.42 Å². The van der Waals surface area contributed by atoms with Crippen molar-refractivity contribution in [3.8, 4) is 0 Å². The number of hydrogen-bond donors (Lipinski definition) is 1. The molecule has 0 amide bonds. The quantitative estimate of drug-likeness (QED) is 0.273. The molecule has 0 heterocycles. The fourth-order valence-electron chi connectivity index (χ4n) is 1.99. The van der Waals surface area contributed by atoms with E-state index < -0.39 is 10.4 Å². The molecule has 0 rings (SSSR count). The van der Waals surface area contributed by atoms with E-state index in [2.05, 4.69) is 11.1 Å². The van der Waals surface area contributed by atoms with Crippen molar-refractivity contribution in [2.45, 2.75) is 71.1 Å². The van der Waals surface area contributed by atoms with Gasteiger partial charge in [0.25, 0.3) is 0 Å². The molecule has 0 saturated carbocycles. The topological polar surface area (TPSA) is 72.8 Å². The predicted octanol–water partition coefficient (Wildman–Crippen LogP) is 0.860. The van der Waals surface area contributed by atoms with Crippen LogP contribution in [0.5, 0.6) is 0 Å². The summed E-state index contributed by atoms with van der Waals surface area (Å²) in [6.45, 7) is 2.91. The van der Waals surface area contributed by atoms with E-state index in [1.807, 2.05) is 0 Å². The first kappa shape index (κ1) is 24.1. The molecule has 0 bridgehead atoms. The maximum atomic E-state index is 10.2. The van der Waals surface area contributed by atoms with Gasteiger partial charge in [0.1, 0.15) is 0 Å². The van der Waals surface area contributed by atoms with Crippen LogP contribution in [0.3, 0.4) is 0 Å². The van der Waals surface area contributed by atoms with E-state index >= 15 is 0 Å². The van der Waals surface area contributed by atoms with Crippen LogP contribution in [0, 0.1) is 0 Å². The van der Waals surface area contributed by atoms with Crippen LogP contribution in [0.25, 0.3) is 0 Å². The molecule has 0 unspecified atom stereocenters. The van der Waals surface area contributed by atoms with Gasteiger partial charge >= 0.3 is 40.0 Å². The van der Waals surface area contributed by atoms with Crippen molar-refractivity contribution < 1.29 is 52.9 Å². The minimum Gasteiger partial charge on any atom is -1.00 e. The molecule has 0 aromatic heterocycles. The molecular formula is C14H31NaO5S. The molecule has 0 atom stereocenters. The molecule has 0 aromatic rings. The summed E-state index contributed by atoms with van der Waals surface area (Å²) in [5, 5.41) is 0. The van der Waals surface area contributed by atoms with Gasteiger partial charge in [-0.15, -0.1) is 0 Å². The molecular weight excluding hydrogens is 303 g/mol. The number of ether oxygens (including phenoxy) is 1. The number of unbranched alkanes of at least 4 members (excludes halogenated alkanes) is 9. The molecule has 0 saturated heterocycles. The van der Waals surface area contributed by atoms with Gasteiger partial charge in [-0.25, -0.2) is 4.18 Å². The largest absolute Gasteiger partial charge is 1.00 e. The summed E-state index contributed by atoms with van der Waals surface area (Å²) in [5.74, 6) is 0. The molecule has 21 heavy (non-hydrogen) atoms. The first-order chi connectivity index (χ1) is 9.56. The van der Waals surface area contributed by atoms with E-state index in [1.54, 1.807) is 0 Å². The Morgan fingerprint density at radius 2 is 1.29 bits per heavy atom. The predicted molar refractivity (Wildman–Crippen MR) is 81.3 cm³/mol. The van der Waals surface area contributed by atoms with Crippen molar-refractivity contribution in [2.75, 3.05) is 19.8 Å². The summed E-state index contributed by atoms with van der Waals surface area (Å²) in [5.41, 5.74) is 0. The second-order valence-corrected chi connectivity index (χ2v) is 6.14. The smallest absolute Gasteiger partial charge is 1.00 e. The van der Waals surface area contributed by atoms with Crippen molar-refractivity contribution in [3.63, 3.8) is 0 Å². The Morgan fingerprint density at radius 1 is 0.810 bits per heavy atom. The zero-order valence-electron chi connectivity index (χ0n) is 14.7. The number of hydrogen-bond acceptors (Lipinski definition) is 4. The maximum absolute atomic E-state index is 10.2. The van der Waals surface area contributed by atoms with Crippen LogP contribution in [-0.2, 0) is 19.3 Å². The fourth-order valence-corrected chi connectivity index (χ4v) is 2.27. The Hall–Kier alpha value is 0.830. The van der Waals surface area contributed by atoms with Gasteiger partial charge in [-0.05, 0) is 6.42 Å². The average Bonchev–Trinajstić information content (AvgIpc) is 2.38. The van der Waals surface area contributed by atoms with Crippen molar-refractivity contribution in [1.29, 1.82) is 0 Å². The van der Waals surface area contributed by atoms with Crippen molar-refractivity contribution in [3.05, 3.63) is 0 Å². The van der Waals surface area contributed by atoms with Gasteiger partial charge in [0.15, 0.2) is 0 Å². The summed E-state index contributed by atoms with van der Waals surface area (Å²) < 4.78 is 38.1. The number of rotatable bonds is 15. The zero-order valence-corrected chi connectivity index (χ0v) is 16.5. The Balaban J connectivity index is -0.00000180. The minimum atomic E-state index is -4.32. The summed E-state index contributed by atoms with van der Waals surface area (Å²) in [6.07, 6.45) is 12.7. The average molecular weight is 334 g/mol. The zero-order chi connectivity index (χ0) is 15.1. The molecule has 7 heteroatoms. The maximum Gasteiger partial charge on any atom is 1.00 e. The standard InChI is InChI=1S/C14H30O5S.Na.H/c1-2-3-4-5-6-7-8-9-10-11-12-18-13-14-19-20(15,16)17;;/h2-14H2,1H3,(H,15,16,17);;/q;+1;-1. The third kappa shape index (κ3) is 23.2. The fraction of sp³-hybridized carbons (Fsp3) is 1.00. The summed E-state index contributed by atoms with van der Waals surface area (Å²) in [6, 6.07) is 0. The van der Waals surface area contributed by atoms with Crippen LogP contribution < -0.4 is 29.6 Å². The molecule has 0 aromatic carbocycles. The van der Waals surface area contributed by atoms with E-state index in [0.29, 0.717) is 6.61 Å². The summed E-state index contributed by atoms with van der Waals surface area (Å²) in [7, 11) is -4.32. The van der Waals surface area contributed by atoms with E-state index in [4.69, 9.17) is 9.29 Å². The Kier molecular flexibility index (Phi) is 19.7. The SMILES string of the molecule is CCCCCCCCCCCCOCCOS(=O)(=O)O.[H-].[Na+]. The Labute approximate surface area is 153 Å². The molecule has 0 radical (unpaired) electrons. The first-order valence-electron chi connectivity index (χ1n) is 7.76. The van der Waals surface area contributed by atoms with Crippen LogP contribution in [0.1, 0.15) is 72.6 Å². The van der Waals surface area contributed by atoms with Crippen molar-refractivity contribution in [1.82, 2.24) is 0 Å². The molecule has 0 aliphatic carbocycles. The van der Waals surface area contributed by atoms with Crippen LogP contribution in [-0.4, -0.2) is 32.8 Å². The van der Waals surface area contributed by atoms with E-state index in [1.165, 1.54) is 51.4 Å². The van der Waals surface area contributed by atoms with Gasteiger partial charge in [0, 0.05) is 6.61 Å². The Morgan fingerprint density at radius 3 is 1.76 bits per heavy atom. The van der Waals surface area contributed by atoms with Crippen molar-refractivity contribution >= 4 is 10.4 Å². The van der Waals surface area contributed by atoms with Gasteiger partial charge in [-0.3, -0.25) is 4.55 Å². The van der Waals surface area contributed by atoms with Crippen LogP contribution in [0.4, 0.5) is 0 Å². The van der Waals surface area contributed by atoms with Gasteiger partial charge < -0.3 is 6.16 Å². The summed E-state index contributed by atoms with van der Waals surface area (Å²) >= 11 is 0. The second kappa shape index (κ2) is 17.2. The molecule has 124 valence electrons. The van der Waals surface area contributed by atoms with Gasteiger partial charge in [0.05, 0.1) is 13.2 Å². The third-order valence-electron chi connectivity index (χ3n) is 3.10. The molecule has 0 aliphatic heterocycles. The summed E-state index contributed by atoms with van der Waals surface area (Å²) in [4.78, 5) is 0. The molecule has 1 N–H and O–H groups in total. The third-order valence-corrected chi connectivity index (χ3v) is 3.57. The minimum absolute atomic E-state index is 0. The van der Waals surface area contributed by atoms with Crippen LogP contribution in [0.2, 0.25) is 0 Å². The monoisotopic (exact) mass is 334 g/mol. The molecule has 0 spiro atoms. The second-order valence-electron chi connectivity index (χ2n) is 5.04. The van der Waals surface area contributed by atoms with Crippen LogP contribution in [0.15, 0.2) is 0 Å². The van der Waals surface area contributed by atoms with E-state index in [9.17, 15) is 8.42 Å². The van der Waals surface area contributed by atoms with E-state index in [-0.39, 0.29) is 44.2 Å². The van der Waals surface area contributed by atoms with E-state index in [0.717, 1.165) is 12.8 Å². The normalized spacial score (nSPS) is 11.3. The molecule has 5 nitrogen and oxygen atoms in total. The first-order valence-corrected chi connectivity index (χ1v) is 9.12. The molecule has 0 aliphatic rings. The molecule has 0 fully saturated rings. The van der Waals surface area contributed by atoms with Crippen LogP contribution >= 0.6 is 0 Å². The van der Waals surface area contributed by atoms with Gasteiger partial charge in [-0.1, -0.05) is 64.7 Å².